The van der Waals surface area contributed by atoms with Crippen molar-refractivity contribution < 1.29 is 9.53 Å². The number of carbonyl (C=O) groups excluding carboxylic acids is 1. The van der Waals surface area contributed by atoms with Crippen LogP contribution in [0.15, 0.2) is 72.8 Å². The van der Waals surface area contributed by atoms with Crippen LogP contribution in [-0.2, 0) is 30.6 Å². The summed E-state index contributed by atoms with van der Waals surface area (Å²) in [6.07, 6.45) is 2.02. The smallest absolute Gasteiger partial charge is 0.228 e. The van der Waals surface area contributed by atoms with E-state index in [9.17, 15) is 4.79 Å². The minimum atomic E-state index is -0.0434. The van der Waals surface area contributed by atoms with Crippen molar-refractivity contribution >= 4 is 22.6 Å². The van der Waals surface area contributed by atoms with Crippen LogP contribution in [0.3, 0.4) is 0 Å². The molecule has 158 valence electrons. The minimum absolute atomic E-state index is 0.0434. The van der Waals surface area contributed by atoms with Crippen LogP contribution in [-0.4, -0.2) is 22.6 Å². The quantitative estimate of drug-likeness (QED) is 0.441. The van der Waals surface area contributed by atoms with E-state index in [1.807, 2.05) is 48.5 Å². The Balaban J connectivity index is 1.41. The van der Waals surface area contributed by atoms with Crippen molar-refractivity contribution in [2.24, 2.45) is 0 Å². The van der Waals surface area contributed by atoms with Crippen molar-refractivity contribution in [1.29, 1.82) is 0 Å². The van der Waals surface area contributed by atoms with Gasteiger partial charge in [-0.3, -0.25) is 4.79 Å². The van der Waals surface area contributed by atoms with Crippen molar-refractivity contribution in [2.45, 2.75) is 32.7 Å². The van der Waals surface area contributed by atoms with Gasteiger partial charge in [-0.05, 0) is 60.9 Å². The Morgan fingerprint density at radius 3 is 2.61 bits per heavy atom. The van der Waals surface area contributed by atoms with Gasteiger partial charge in [0.25, 0.3) is 0 Å². The Morgan fingerprint density at radius 2 is 1.77 bits per heavy atom. The summed E-state index contributed by atoms with van der Waals surface area (Å²) in [5.74, 6) is 1.81. The number of amides is 1. The van der Waals surface area contributed by atoms with E-state index in [1.54, 1.807) is 7.11 Å². The van der Waals surface area contributed by atoms with E-state index in [4.69, 9.17) is 9.72 Å². The molecule has 0 aliphatic heterocycles. The van der Waals surface area contributed by atoms with Crippen LogP contribution in [0.4, 0.5) is 5.69 Å². The van der Waals surface area contributed by atoms with Gasteiger partial charge in [-0.25, -0.2) is 4.98 Å². The van der Waals surface area contributed by atoms with Crippen molar-refractivity contribution in [2.75, 3.05) is 12.4 Å². The summed E-state index contributed by atoms with van der Waals surface area (Å²) in [4.78, 5) is 17.3. The Kier molecular flexibility index (Phi) is 6.32. The van der Waals surface area contributed by atoms with Crippen LogP contribution in [0, 0.1) is 0 Å². The van der Waals surface area contributed by atoms with Gasteiger partial charge in [0, 0.05) is 18.7 Å². The fourth-order valence-corrected chi connectivity index (χ4v) is 3.90. The van der Waals surface area contributed by atoms with Crippen LogP contribution >= 0.6 is 0 Å². The van der Waals surface area contributed by atoms with Gasteiger partial charge in [-0.1, -0.05) is 36.4 Å². The predicted octanol–water partition coefficient (Wildman–Crippen LogP) is 5.03. The molecule has 4 rings (SSSR count). The zero-order chi connectivity index (χ0) is 21.6. The maximum atomic E-state index is 12.5. The SMILES string of the molecule is CCn1c(CCc2cccc(NC(=O)Cc3cccc(OC)c3)c2)nc2ccccc21. The van der Waals surface area contributed by atoms with Crippen LogP contribution in [0.2, 0.25) is 0 Å². The summed E-state index contributed by atoms with van der Waals surface area (Å²) in [5, 5.41) is 3.01. The Morgan fingerprint density at radius 1 is 0.968 bits per heavy atom. The highest BCUT2D eigenvalue weighted by atomic mass is 16.5. The van der Waals surface area contributed by atoms with Crippen molar-refractivity contribution in [3.63, 3.8) is 0 Å². The second-order valence-corrected chi connectivity index (χ2v) is 7.54. The number of aryl methyl sites for hydroxylation is 3. The fourth-order valence-electron chi connectivity index (χ4n) is 3.90. The lowest BCUT2D eigenvalue weighted by Crippen LogP contribution is -2.14. The number of aromatic nitrogens is 2. The second-order valence-electron chi connectivity index (χ2n) is 7.54. The van der Waals surface area contributed by atoms with Gasteiger partial charge in [0.05, 0.1) is 24.6 Å². The molecule has 0 unspecified atom stereocenters. The Bertz CT molecular complexity index is 1200. The highest BCUT2D eigenvalue weighted by molar-refractivity contribution is 5.92. The average Bonchev–Trinajstić information content (AvgIpc) is 3.15. The summed E-state index contributed by atoms with van der Waals surface area (Å²) in [6.45, 7) is 3.05. The number of imidazole rings is 1. The molecule has 0 atom stereocenters. The normalized spacial score (nSPS) is 10.9. The lowest BCUT2D eigenvalue weighted by molar-refractivity contribution is -0.115. The molecule has 31 heavy (non-hydrogen) atoms. The monoisotopic (exact) mass is 413 g/mol. The molecule has 0 aliphatic carbocycles. The molecule has 1 N–H and O–H groups in total. The van der Waals surface area contributed by atoms with E-state index in [-0.39, 0.29) is 5.91 Å². The van der Waals surface area contributed by atoms with E-state index in [1.165, 1.54) is 11.1 Å². The number of carbonyl (C=O) groups is 1. The first-order valence-electron chi connectivity index (χ1n) is 10.6. The lowest BCUT2D eigenvalue weighted by Gasteiger charge is -2.09. The minimum Gasteiger partial charge on any atom is -0.497 e. The first-order chi connectivity index (χ1) is 15.2. The number of nitrogens with zero attached hydrogens (tertiary/aromatic N) is 2. The van der Waals surface area contributed by atoms with Crippen molar-refractivity contribution in [3.8, 4) is 5.75 Å². The number of rotatable bonds is 8. The maximum Gasteiger partial charge on any atom is 0.228 e. The molecule has 1 aromatic heterocycles. The molecule has 0 spiro atoms. The average molecular weight is 414 g/mol. The highest BCUT2D eigenvalue weighted by Gasteiger charge is 2.10. The lowest BCUT2D eigenvalue weighted by atomic mass is 10.1. The second kappa shape index (κ2) is 9.47. The summed E-state index contributed by atoms with van der Waals surface area (Å²) in [7, 11) is 1.63. The van der Waals surface area contributed by atoms with E-state index >= 15 is 0 Å². The summed E-state index contributed by atoms with van der Waals surface area (Å²) in [5.41, 5.74) is 5.13. The number of fused-ring (bicyclic) bond motifs is 1. The van der Waals surface area contributed by atoms with E-state index in [2.05, 4.69) is 41.1 Å². The van der Waals surface area contributed by atoms with Gasteiger partial charge in [0.2, 0.25) is 5.91 Å². The molecule has 4 aromatic rings. The first kappa shape index (κ1) is 20.7. The van der Waals surface area contributed by atoms with Gasteiger partial charge >= 0.3 is 0 Å². The number of hydrogen-bond acceptors (Lipinski definition) is 3. The molecule has 3 aromatic carbocycles. The summed E-state index contributed by atoms with van der Waals surface area (Å²) < 4.78 is 7.50. The van der Waals surface area contributed by atoms with Gasteiger partial charge < -0.3 is 14.6 Å². The van der Waals surface area contributed by atoms with Crippen molar-refractivity contribution in [3.05, 3.63) is 89.7 Å². The molecular weight excluding hydrogens is 386 g/mol. The number of benzene rings is 3. The summed E-state index contributed by atoms with van der Waals surface area (Å²) in [6, 6.07) is 23.9. The maximum absolute atomic E-state index is 12.5. The molecule has 1 amide bonds. The van der Waals surface area contributed by atoms with Gasteiger partial charge in [-0.15, -0.1) is 0 Å². The number of para-hydroxylation sites is 2. The fraction of sp³-hybridized carbons (Fsp3) is 0.231. The third kappa shape index (κ3) is 4.94. The van der Waals surface area contributed by atoms with Gasteiger partial charge in [0.1, 0.15) is 11.6 Å². The van der Waals surface area contributed by atoms with Crippen LogP contribution in [0.5, 0.6) is 5.75 Å². The van der Waals surface area contributed by atoms with Gasteiger partial charge in [-0.2, -0.15) is 0 Å². The molecule has 0 fully saturated rings. The molecule has 0 saturated heterocycles. The third-order valence-corrected chi connectivity index (χ3v) is 5.40. The van der Waals surface area contributed by atoms with Crippen LogP contribution in [0.25, 0.3) is 11.0 Å². The number of nitrogens with one attached hydrogen (secondary N) is 1. The number of methoxy groups -OCH3 is 1. The zero-order valence-electron chi connectivity index (χ0n) is 18.0. The zero-order valence-corrected chi connectivity index (χ0v) is 18.0. The topological polar surface area (TPSA) is 56.2 Å². The Labute approximate surface area is 182 Å². The molecule has 0 bridgehead atoms. The molecule has 0 radical (unpaired) electrons. The number of ether oxygens (including phenoxy) is 1. The summed E-state index contributed by atoms with van der Waals surface area (Å²) >= 11 is 0. The Hall–Kier alpha value is -3.60. The van der Waals surface area contributed by atoms with E-state index < -0.39 is 0 Å². The largest absolute Gasteiger partial charge is 0.497 e. The van der Waals surface area contributed by atoms with Gasteiger partial charge in [0.15, 0.2) is 0 Å². The highest BCUT2D eigenvalue weighted by Crippen LogP contribution is 2.19. The standard InChI is InChI=1S/C26H27N3O2/c1-3-29-24-13-5-4-12-23(24)28-25(29)15-14-19-8-6-10-21(16-19)27-26(30)18-20-9-7-11-22(17-20)31-2/h4-13,16-17H,3,14-15,18H2,1-2H3,(H,27,30). The van der Waals surface area contributed by atoms with E-state index in [0.29, 0.717) is 6.42 Å². The number of hydrogen-bond donors (Lipinski definition) is 1. The molecule has 1 heterocycles. The third-order valence-electron chi connectivity index (χ3n) is 5.40. The molecule has 0 saturated carbocycles. The molecule has 0 aliphatic rings. The molecule has 5 heteroatoms. The first-order valence-corrected chi connectivity index (χ1v) is 10.6. The van der Waals surface area contributed by atoms with Crippen LogP contribution < -0.4 is 10.1 Å². The van der Waals surface area contributed by atoms with Crippen molar-refractivity contribution in [1.82, 2.24) is 9.55 Å². The van der Waals surface area contributed by atoms with E-state index in [0.717, 1.165) is 47.7 Å². The van der Waals surface area contributed by atoms with Crippen LogP contribution in [0.1, 0.15) is 23.9 Å². The number of anilines is 1. The molecular formula is C26H27N3O2. The predicted molar refractivity (Wildman–Crippen MR) is 125 cm³/mol. The molecule has 5 nitrogen and oxygen atoms in total.